The van der Waals surface area contributed by atoms with Gasteiger partial charge in [-0.15, -0.1) is 0 Å². The number of aryl methyl sites for hydroxylation is 1. The van der Waals surface area contributed by atoms with Crippen molar-refractivity contribution in [1.29, 1.82) is 0 Å². The van der Waals surface area contributed by atoms with Crippen LogP contribution < -0.4 is 14.8 Å². The van der Waals surface area contributed by atoms with Crippen LogP contribution in [0.2, 0.25) is 0 Å². The molecule has 1 amide bonds. The molecule has 1 N–H and O–H groups in total. The van der Waals surface area contributed by atoms with E-state index in [9.17, 15) is 4.79 Å². The van der Waals surface area contributed by atoms with Gasteiger partial charge in [-0.3, -0.25) is 4.79 Å². The highest BCUT2D eigenvalue weighted by Gasteiger charge is 2.23. The topological polar surface area (TPSA) is 86.5 Å². The Morgan fingerprint density at radius 3 is 2.78 bits per heavy atom. The van der Waals surface area contributed by atoms with Gasteiger partial charge < -0.3 is 19.3 Å². The molecule has 1 aliphatic carbocycles. The first kappa shape index (κ1) is 15.3. The molecule has 0 bridgehead atoms. The molecule has 0 aliphatic heterocycles. The van der Waals surface area contributed by atoms with Gasteiger partial charge in [0.15, 0.2) is 11.5 Å². The van der Waals surface area contributed by atoms with Gasteiger partial charge in [0.05, 0.1) is 14.2 Å². The summed E-state index contributed by atoms with van der Waals surface area (Å²) < 4.78 is 15.7. The molecule has 122 valence electrons. The maximum absolute atomic E-state index is 11.7. The van der Waals surface area contributed by atoms with E-state index in [0.717, 1.165) is 18.4 Å². The quantitative estimate of drug-likeness (QED) is 0.840. The Labute approximate surface area is 134 Å². The van der Waals surface area contributed by atoms with Crippen molar-refractivity contribution in [3.8, 4) is 22.9 Å². The molecule has 3 rings (SSSR count). The largest absolute Gasteiger partial charge is 0.493 e. The van der Waals surface area contributed by atoms with Gasteiger partial charge in [0.2, 0.25) is 17.6 Å². The second kappa shape index (κ2) is 6.68. The van der Waals surface area contributed by atoms with E-state index in [1.165, 1.54) is 0 Å². The number of ether oxygens (including phenoxy) is 2. The van der Waals surface area contributed by atoms with Crippen LogP contribution in [0.3, 0.4) is 0 Å². The second-order valence-corrected chi connectivity index (χ2v) is 5.42. The molecule has 2 aromatic rings. The van der Waals surface area contributed by atoms with Crippen LogP contribution in [-0.4, -0.2) is 36.3 Å². The van der Waals surface area contributed by atoms with E-state index in [1.807, 2.05) is 6.07 Å². The van der Waals surface area contributed by atoms with Crippen molar-refractivity contribution in [2.45, 2.75) is 31.7 Å². The summed E-state index contributed by atoms with van der Waals surface area (Å²) in [5.41, 5.74) is 0.764. The van der Waals surface area contributed by atoms with Crippen LogP contribution in [0.15, 0.2) is 22.7 Å². The molecule has 7 heteroatoms. The number of carbonyl (C=O) groups excluding carboxylic acids is 1. The Hall–Kier alpha value is -2.57. The zero-order valence-electron chi connectivity index (χ0n) is 13.2. The molecule has 7 nitrogen and oxygen atoms in total. The summed E-state index contributed by atoms with van der Waals surface area (Å²) in [6, 6.07) is 5.77. The fourth-order valence-electron chi connectivity index (χ4n) is 2.20. The van der Waals surface area contributed by atoms with E-state index in [4.69, 9.17) is 14.0 Å². The van der Waals surface area contributed by atoms with Gasteiger partial charge in [-0.05, 0) is 31.0 Å². The SMILES string of the molecule is COc1ccc(-c2noc(CCC(=O)NC3CC3)n2)cc1OC. The molecule has 1 fully saturated rings. The molecule has 0 unspecified atom stereocenters. The van der Waals surface area contributed by atoms with Crippen molar-refractivity contribution >= 4 is 5.91 Å². The summed E-state index contributed by atoms with van der Waals surface area (Å²) in [6.07, 6.45) is 2.94. The Morgan fingerprint density at radius 2 is 2.09 bits per heavy atom. The van der Waals surface area contributed by atoms with Gasteiger partial charge in [0, 0.05) is 24.4 Å². The maximum atomic E-state index is 11.7. The van der Waals surface area contributed by atoms with Crippen molar-refractivity contribution in [3.63, 3.8) is 0 Å². The van der Waals surface area contributed by atoms with Gasteiger partial charge in [0.1, 0.15) is 0 Å². The van der Waals surface area contributed by atoms with Gasteiger partial charge in [-0.1, -0.05) is 5.16 Å². The number of nitrogens with zero attached hydrogens (tertiary/aromatic N) is 2. The standard InChI is InChI=1S/C16H19N3O4/c1-21-12-6-3-10(9-13(12)22-2)16-18-15(23-19-16)8-7-14(20)17-11-4-5-11/h3,6,9,11H,4-5,7-8H2,1-2H3,(H,17,20). The predicted octanol–water partition coefficient (Wildman–Crippen LogP) is 1.96. The van der Waals surface area contributed by atoms with Crippen molar-refractivity contribution in [1.82, 2.24) is 15.5 Å². The molecule has 0 spiro atoms. The molecule has 0 saturated heterocycles. The van der Waals surface area contributed by atoms with E-state index in [0.29, 0.717) is 42.1 Å². The molecule has 23 heavy (non-hydrogen) atoms. The number of benzene rings is 1. The summed E-state index contributed by atoms with van der Waals surface area (Å²) in [6.45, 7) is 0. The van der Waals surface area contributed by atoms with E-state index in [-0.39, 0.29) is 5.91 Å². The van der Waals surface area contributed by atoms with Crippen LogP contribution in [0.5, 0.6) is 11.5 Å². The Morgan fingerprint density at radius 1 is 1.30 bits per heavy atom. The summed E-state index contributed by atoms with van der Waals surface area (Å²) in [5, 5.41) is 6.89. The lowest BCUT2D eigenvalue weighted by atomic mass is 10.2. The minimum atomic E-state index is 0.0263. The van der Waals surface area contributed by atoms with Crippen molar-refractivity contribution < 1.29 is 18.8 Å². The number of methoxy groups -OCH3 is 2. The highest BCUT2D eigenvalue weighted by Crippen LogP contribution is 2.31. The summed E-state index contributed by atoms with van der Waals surface area (Å²) in [7, 11) is 3.15. The highest BCUT2D eigenvalue weighted by atomic mass is 16.5. The molecule has 1 heterocycles. The van der Waals surface area contributed by atoms with Gasteiger partial charge in [-0.2, -0.15) is 4.98 Å². The average Bonchev–Trinajstić information content (AvgIpc) is 3.26. The normalized spacial score (nSPS) is 13.7. The van der Waals surface area contributed by atoms with E-state index >= 15 is 0 Å². The third-order valence-corrected chi connectivity index (χ3v) is 3.62. The zero-order chi connectivity index (χ0) is 16.2. The molecular weight excluding hydrogens is 298 g/mol. The number of hydrogen-bond acceptors (Lipinski definition) is 6. The fourth-order valence-corrected chi connectivity index (χ4v) is 2.20. The number of carbonyl (C=O) groups is 1. The molecule has 1 aromatic carbocycles. The third-order valence-electron chi connectivity index (χ3n) is 3.62. The minimum Gasteiger partial charge on any atom is -0.493 e. The summed E-state index contributed by atoms with van der Waals surface area (Å²) in [4.78, 5) is 16.0. The third kappa shape index (κ3) is 3.80. The van der Waals surface area contributed by atoms with Gasteiger partial charge in [-0.25, -0.2) is 0 Å². The maximum Gasteiger partial charge on any atom is 0.227 e. The number of nitrogens with one attached hydrogen (secondary N) is 1. The Bertz CT molecular complexity index is 694. The van der Waals surface area contributed by atoms with Gasteiger partial charge >= 0.3 is 0 Å². The lowest BCUT2D eigenvalue weighted by Gasteiger charge is -2.07. The number of rotatable bonds is 7. The van der Waals surface area contributed by atoms with Crippen LogP contribution in [0.25, 0.3) is 11.4 Å². The van der Waals surface area contributed by atoms with Gasteiger partial charge in [0.25, 0.3) is 0 Å². The van der Waals surface area contributed by atoms with Crippen LogP contribution in [0, 0.1) is 0 Å². The molecule has 0 radical (unpaired) electrons. The van der Waals surface area contributed by atoms with Crippen LogP contribution in [0.1, 0.15) is 25.2 Å². The lowest BCUT2D eigenvalue weighted by Crippen LogP contribution is -2.25. The predicted molar refractivity (Wildman–Crippen MR) is 82.3 cm³/mol. The first-order valence-corrected chi connectivity index (χ1v) is 7.54. The van der Waals surface area contributed by atoms with E-state index < -0.39 is 0 Å². The molecular formula is C16H19N3O4. The first-order chi connectivity index (χ1) is 11.2. The average molecular weight is 317 g/mol. The van der Waals surface area contributed by atoms with Crippen LogP contribution in [0.4, 0.5) is 0 Å². The van der Waals surface area contributed by atoms with Crippen molar-refractivity contribution in [3.05, 3.63) is 24.1 Å². The highest BCUT2D eigenvalue weighted by molar-refractivity contribution is 5.76. The summed E-state index contributed by atoms with van der Waals surface area (Å²) >= 11 is 0. The lowest BCUT2D eigenvalue weighted by molar-refractivity contribution is -0.121. The number of aromatic nitrogens is 2. The Balaban J connectivity index is 1.65. The van der Waals surface area contributed by atoms with E-state index in [1.54, 1.807) is 26.4 Å². The fraction of sp³-hybridized carbons (Fsp3) is 0.438. The number of amides is 1. The first-order valence-electron chi connectivity index (χ1n) is 7.54. The molecule has 1 aliphatic rings. The smallest absolute Gasteiger partial charge is 0.227 e. The summed E-state index contributed by atoms with van der Waals surface area (Å²) in [5.74, 6) is 2.17. The second-order valence-electron chi connectivity index (χ2n) is 5.42. The minimum absolute atomic E-state index is 0.0263. The van der Waals surface area contributed by atoms with Crippen molar-refractivity contribution in [2.75, 3.05) is 14.2 Å². The zero-order valence-corrected chi connectivity index (χ0v) is 13.2. The molecule has 0 atom stereocenters. The molecule has 1 saturated carbocycles. The monoisotopic (exact) mass is 317 g/mol. The van der Waals surface area contributed by atoms with Crippen molar-refractivity contribution in [2.24, 2.45) is 0 Å². The van der Waals surface area contributed by atoms with Crippen LogP contribution in [-0.2, 0) is 11.2 Å². The number of hydrogen-bond donors (Lipinski definition) is 1. The Kier molecular flexibility index (Phi) is 4.45. The van der Waals surface area contributed by atoms with Crippen LogP contribution >= 0.6 is 0 Å². The molecule has 1 aromatic heterocycles. The van der Waals surface area contributed by atoms with E-state index in [2.05, 4.69) is 15.5 Å².